The Kier molecular flexibility index (Phi) is 6.38. The summed E-state index contributed by atoms with van der Waals surface area (Å²) in [5.41, 5.74) is 8.27. The first-order valence-electron chi connectivity index (χ1n) is 8.77. The highest BCUT2D eigenvalue weighted by molar-refractivity contribution is 5.77. The number of hydrogen-bond acceptors (Lipinski definition) is 4. The van der Waals surface area contributed by atoms with Crippen LogP contribution in [0.15, 0.2) is 47.6 Å². The average Bonchev–Trinajstić information content (AvgIpc) is 2.68. The van der Waals surface area contributed by atoms with Crippen molar-refractivity contribution >= 4 is 11.6 Å². The van der Waals surface area contributed by atoms with Crippen LogP contribution < -0.4 is 16.0 Å². The van der Waals surface area contributed by atoms with E-state index in [-0.39, 0.29) is 5.82 Å². The number of halogens is 1. The van der Waals surface area contributed by atoms with Gasteiger partial charge in [0.25, 0.3) is 0 Å². The Balaban J connectivity index is 1.50. The van der Waals surface area contributed by atoms with E-state index in [1.165, 1.54) is 6.07 Å². The molecule has 0 atom stereocenters. The molecule has 138 valence electrons. The summed E-state index contributed by atoms with van der Waals surface area (Å²) in [5, 5.41) is 3.05. The molecule has 0 aliphatic carbocycles. The normalized spacial score (nSPS) is 15.1. The summed E-state index contributed by atoms with van der Waals surface area (Å²) in [6.07, 6.45) is 2.53. The largest absolute Gasteiger partial charge is 0.378 e. The number of rotatable bonds is 6. The van der Waals surface area contributed by atoms with Crippen molar-refractivity contribution in [2.45, 2.75) is 13.0 Å². The minimum atomic E-state index is -0.235. The van der Waals surface area contributed by atoms with E-state index in [4.69, 9.17) is 10.5 Å². The minimum absolute atomic E-state index is 0.235. The number of guanidine groups is 1. The van der Waals surface area contributed by atoms with Crippen LogP contribution in [0.5, 0.6) is 0 Å². The van der Waals surface area contributed by atoms with Crippen LogP contribution in [0.4, 0.5) is 10.1 Å². The predicted molar refractivity (Wildman–Crippen MR) is 101 cm³/mol. The predicted octanol–water partition coefficient (Wildman–Crippen LogP) is 1.70. The lowest BCUT2D eigenvalue weighted by atomic mass is 10.1. The topological polar surface area (TPSA) is 75.8 Å². The van der Waals surface area contributed by atoms with Gasteiger partial charge in [0.05, 0.1) is 25.4 Å². The molecule has 1 aromatic heterocycles. The smallest absolute Gasteiger partial charge is 0.188 e. The number of pyridine rings is 1. The molecule has 1 aliphatic heterocycles. The van der Waals surface area contributed by atoms with Crippen molar-refractivity contribution in [3.63, 3.8) is 0 Å². The van der Waals surface area contributed by atoms with E-state index in [0.29, 0.717) is 51.0 Å². The van der Waals surface area contributed by atoms with Crippen LogP contribution in [0.2, 0.25) is 0 Å². The lowest BCUT2D eigenvalue weighted by Crippen LogP contribution is -2.36. The summed E-state index contributed by atoms with van der Waals surface area (Å²) < 4.78 is 19.7. The fourth-order valence-electron chi connectivity index (χ4n) is 2.81. The number of nitrogens with two attached hydrogens (primary N) is 1. The number of morpholine rings is 1. The zero-order chi connectivity index (χ0) is 18.2. The standard InChI is InChI=1S/C19H24FN5O/c20-17-13-15(4-5-18(17)25-9-11-26-12-10-25)14-24-19(21)23-8-6-16-3-1-2-7-22-16/h1-5,7,13H,6,8-12,14H2,(H3,21,23,24). The maximum absolute atomic E-state index is 14.4. The molecule has 1 saturated heterocycles. The van der Waals surface area contributed by atoms with Gasteiger partial charge in [-0.15, -0.1) is 0 Å². The Morgan fingerprint density at radius 3 is 2.85 bits per heavy atom. The summed E-state index contributed by atoms with van der Waals surface area (Å²) in [6, 6.07) is 11.0. The van der Waals surface area contributed by atoms with Gasteiger partial charge in [0.2, 0.25) is 0 Å². The fourth-order valence-corrected chi connectivity index (χ4v) is 2.81. The summed E-state index contributed by atoms with van der Waals surface area (Å²) in [7, 11) is 0. The first-order valence-corrected chi connectivity index (χ1v) is 8.77. The van der Waals surface area contributed by atoms with E-state index >= 15 is 0 Å². The molecular weight excluding hydrogens is 333 g/mol. The van der Waals surface area contributed by atoms with Gasteiger partial charge in [-0.1, -0.05) is 12.1 Å². The summed E-state index contributed by atoms with van der Waals surface area (Å²) in [5.74, 6) is 0.111. The Morgan fingerprint density at radius 1 is 1.27 bits per heavy atom. The number of hydrogen-bond donors (Lipinski definition) is 2. The second kappa shape index (κ2) is 9.15. The van der Waals surface area contributed by atoms with Crippen LogP contribution in [0.1, 0.15) is 11.3 Å². The molecule has 2 aromatic rings. The number of aliphatic imine (C=N–C) groups is 1. The number of nitrogens with zero attached hydrogens (tertiary/aromatic N) is 3. The van der Waals surface area contributed by atoms with Gasteiger partial charge in [-0.05, 0) is 29.8 Å². The molecule has 1 aromatic carbocycles. The van der Waals surface area contributed by atoms with Crippen LogP contribution in [-0.4, -0.2) is 43.8 Å². The van der Waals surface area contributed by atoms with Crippen LogP contribution in [-0.2, 0) is 17.7 Å². The molecule has 1 fully saturated rings. The zero-order valence-electron chi connectivity index (χ0n) is 14.7. The van der Waals surface area contributed by atoms with Crippen molar-refractivity contribution in [2.24, 2.45) is 10.7 Å². The molecule has 0 amide bonds. The van der Waals surface area contributed by atoms with Crippen molar-refractivity contribution in [3.8, 4) is 0 Å². The number of aromatic nitrogens is 1. The van der Waals surface area contributed by atoms with E-state index in [2.05, 4.69) is 15.3 Å². The van der Waals surface area contributed by atoms with Gasteiger partial charge < -0.3 is 20.7 Å². The average molecular weight is 357 g/mol. The van der Waals surface area contributed by atoms with Crippen LogP contribution in [0.3, 0.4) is 0 Å². The van der Waals surface area contributed by atoms with E-state index < -0.39 is 0 Å². The monoisotopic (exact) mass is 357 g/mol. The molecule has 0 unspecified atom stereocenters. The van der Waals surface area contributed by atoms with Gasteiger partial charge in [-0.3, -0.25) is 4.98 Å². The molecule has 3 N–H and O–H groups in total. The quantitative estimate of drug-likeness (QED) is 0.608. The van der Waals surface area contributed by atoms with Crippen molar-refractivity contribution < 1.29 is 9.13 Å². The van der Waals surface area contributed by atoms with E-state index in [1.54, 1.807) is 12.3 Å². The van der Waals surface area contributed by atoms with E-state index in [9.17, 15) is 4.39 Å². The van der Waals surface area contributed by atoms with Gasteiger partial charge >= 0.3 is 0 Å². The Hall–Kier alpha value is -2.67. The lowest BCUT2D eigenvalue weighted by Gasteiger charge is -2.29. The van der Waals surface area contributed by atoms with E-state index in [0.717, 1.165) is 17.7 Å². The van der Waals surface area contributed by atoms with E-state index in [1.807, 2.05) is 29.2 Å². The number of benzene rings is 1. The van der Waals surface area contributed by atoms with Crippen molar-refractivity contribution in [1.29, 1.82) is 0 Å². The molecule has 3 rings (SSSR count). The van der Waals surface area contributed by atoms with Crippen LogP contribution in [0.25, 0.3) is 0 Å². The number of ether oxygens (including phenoxy) is 1. The second-order valence-electron chi connectivity index (χ2n) is 6.08. The third-order valence-corrected chi connectivity index (χ3v) is 4.21. The first-order chi connectivity index (χ1) is 12.7. The molecule has 7 heteroatoms. The molecule has 0 spiro atoms. The maximum atomic E-state index is 14.4. The molecule has 6 nitrogen and oxygen atoms in total. The van der Waals surface area contributed by atoms with Crippen molar-refractivity contribution in [2.75, 3.05) is 37.7 Å². The van der Waals surface area contributed by atoms with Gasteiger partial charge in [0.15, 0.2) is 5.96 Å². The molecular formula is C19H24FN5O. The highest BCUT2D eigenvalue weighted by Crippen LogP contribution is 2.21. The van der Waals surface area contributed by atoms with Gasteiger partial charge in [0, 0.05) is 37.9 Å². The van der Waals surface area contributed by atoms with Crippen molar-refractivity contribution in [3.05, 3.63) is 59.7 Å². The minimum Gasteiger partial charge on any atom is -0.378 e. The second-order valence-corrected chi connectivity index (χ2v) is 6.08. The molecule has 1 aliphatic rings. The Labute approximate surface area is 152 Å². The van der Waals surface area contributed by atoms with Crippen LogP contribution in [0, 0.1) is 5.82 Å². The summed E-state index contributed by atoms with van der Waals surface area (Å²) in [4.78, 5) is 10.5. The Bertz CT molecular complexity index is 732. The number of nitrogens with one attached hydrogen (secondary N) is 1. The molecule has 2 heterocycles. The third-order valence-electron chi connectivity index (χ3n) is 4.21. The highest BCUT2D eigenvalue weighted by atomic mass is 19.1. The SMILES string of the molecule is NC(=NCc1ccc(N2CCOCC2)c(F)c1)NCCc1ccccn1. The molecule has 0 bridgehead atoms. The summed E-state index contributed by atoms with van der Waals surface area (Å²) >= 11 is 0. The third kappa shape index (κ3) is 5.16. The molecule has 26 heavy (non-hydrogen) atoms. The van der Waals surface area contributed by atoms with Gasteiger partial charge in [-0.2, -0.15) is 0 Å². The molecule has 0 saturated carbocycles. The lowest BCUT2D eigenvalue weighted by molar-refractivity contribution is 0.122. The van der Waals surface area contributed by atoms with Crippen LogP contribution >= 0.6 is 0 Å². The number of anilines is 1. The fraction of sp³-hybridized carbons (Fsp3) is 0.368. The van der Waals surface area contributed by atoms with Gasteiger partial charge in [-0.25, -0.2) is 9.38 Å². The van der Waals surface area contributed by atoms with Crippen molar-refractivity contribution in [1.82, 2.24) is 10.3 Å². The summed E-state index contributed by atoms with van der Waals surface area (Å²) in [6.45, 7) is 3.67. The zero-order valence-corrected chi connectivity index (χ0v) is 14.7. The maximum Gasteiger partial charge on any atom is 0.188 e. The van der Waals surface area contributed by atoms with Gasteiger partial charge in [0.1, 0.15) is 5.82 Å². The molecule has 0 radical (unpaired) electrons. The first kappa shape index (κ1) is 18.1. The highest BCUT2D eigenvalue weighted by Gasteiger charge is 2.15. The Morgan fingerprint density at radius 2 is 2.12 bits per heavy atom.